The Hall–Kier alpha value is -2.80. The van der Waals surface area contributed by atoms with E-state index in [1.54, 1.807) is 7.11 Å². The average molecular weight is 453 g/mol. The molecule has 0 unspecified atom stereocenters. The molecule has 32 heavy (non-hydrogen) atoms. The van der Waals surface area contributed by atoms with Crippen LogP contribution in [0.15, 0.2) is 47.6 Å². The van der Waals surface area contributed by atoms with E-state index in [2.05, 4.69) is 60.6 Å². The van der Waals surface area contributed by atoms with E-state index in [-0.39, 0.29) is 5.91 Å². The fourth-order valence-electron chi connectivity index (χ4n) is 3.51. The van der Waals surface area contributed by atoms with Crippen molar-refractivity contribution < 1.29 is 9.53 Å². The third kappa shape index (κ3) is 6.36. The number of aromatic nitrogens is 3. The lowest BCUT2D eigenvalue weighted by atomic mass is 10.0. The van der Waals surface area contributed by atoms with Crippen LogP contribution >= 0.6 is 11.8 Å². The predicted molar refractivity (Wildman–Crippen MR) is 131 cm³/mol. The number of ether oxygens (including phenoxy) is 1. The SMILES string of the molecule is COc1ccc(CCCc2nnc(SCC(=O)Nc3ccc(C(C)C)cc3)n2C)cc1C. The van der Waals surface area contributed by atoms with Gasteiger partial charge in [-0.25, -0.2) is 0 Å². The lowest BCUT2D eigenvalue weighted by molar-refractivity contribution is -0.113. The molecule has 0 bridgehead atoms. The lowest BCUT2D eigenvalue weighted by Crippen LogP contribution is -2.14. The summed E-state index contributed by atoms with van der Waals surface area (Å²) in [4.78, 5) is 12.3. The predicted octanol–water partition coefficient (Wildman–Crippen LogP) is 5.16. The van der Waals surface area contributed by atoms with Crippen molar-refractivity contribution in [3.8, 4) is 5.75 Å². The van der Waals surface area contributed by atoms with E-state index in [4.69, 9.17) is 4.74 Å². The van der Waals surface area contributed by atoms with Gasteiger partial charge in [-0.05, 0) is 60.6 Å². The molecule has 1 heterocycles. The van der Waals surface area contributed by atoms with Gasteiger partial charge in [0.15, 0.2) is 5.16 Å². The Morgan fingerprint density at radius 3 is 2.53 bits per heavy atom. The molecule has 0 saturated carbocycles. The van der Waals surface area contributed by atoms with Crippen LogP contribution in [0.5, 0.6) is 5.75 Å². The lowest BCUT2D eigenvalue weighted by Gasteiger charge is -2.09. The molecule has 3 aromatic rings. The Morgan fingerprint density at radius 2 is 1.88 bits per heavy atom. The highest BCUT2D eigenvalue weighted by atomic mass is 32.2. The first-order valence-corrected chi connectivity index (χ1v) is 11.9. The van der Waals surface area contributed by atoms with Crippen LogP contribution in [-0.2, 0) is 24.7 Å². The second-order valence-electron chi connectivity index (χ2n) is 8.23. The number of nitrogens with one attached hydrogen (secondary N) is 1. The molecule has 170 valence electrons. The van der Waals surface area contributed by atoms with Gasteiger partial charge in [0.05, 0.1) is 12.9 Å². The number of anilines is 1. The number of aryl methyl sites for hydroxylation is 3. The van der Waals surface area contributed by atoms with Gasteiger partial charge < -0.3 is 14.6 Å². The number of carbonyl (C=O) groups excluding carboxylic acids is 1. The van der Waals surface area contributed by atoms with Crippen molar-refractivity contribution in [1.29, 1.82) is 0 Å². The van der Waals surface area contributed by atoms with Crippen molar-refractivity contribution in [2.75, 3.05) is 18.2 Å². The first kappa shape index (κ1) is 23.9. The van der Waals surface area contributed by atoms with E-state index < -0.39 is 0 Å². The molecule has 0 spiro atoms. The zero-order chi connectivity index (χ0) is 23.1. The molecule has 0 atom stereocenters. The van der Waals surface area contributed by atoms with Crippen LogP contribution < -0.4 is 10.1 Å². The van der Waals surface area contributed by atoms with Crippen molar-refractivity contribution in [2.45, 2.75) is 51.1 Å². The Balaban J connectivity index is 1.46. The minimum atomic E-state index is -0.0493. The molecule has 1 N–H and O–H groups in total. The number of hydrogen-bond donors (Lipinski definition) is 1. The van der Waals surface area contributed by atoms with Crippen LogP contribution in [0.2, 0.25) is 0 Å². The highest BCUT2D eigenvalue weighted by Crippen LogP contribution is 2.21. The second kappa shape index (κ2) is 11.2. The van der Waals surface area contributed by atoms with Crippen LogP contribution in [0.1, 0.15) is 48.7 Å². The normalized spacial score (nSPS) is 11.1. The summed E-state index contributed by atoms with van der Waals surface area (Å²) in [7, 11) is 3.65. The highest BCUT2D eigenvalue weighted by molar-refractivity contribution is 7.99. The van der Waals surface area contributed by atoms with E-state index in [0.717, 1.165) is 47.2 Å². The fourth-order valence-corrected chi connectivity index (χ4v) is 4.24. The topological polar surface area (TPSA) is 69.0 Å². The van der Waals surface area contributed by atoms with Crippen molar-refractivity contribution in [2.24, 2.45) is 7.05 Å². The van der Waals surface area contributed by atoms with Gasteiger partial charge in [0, 0.05) is 19.2 Å². The maximum atomic E-state index is 12.3. The van der Waals surface area contributed by atoms with Crippen molar-refractivity contribution in [1.82, 2.24) is 14.8 Å². The van der Waals surface area contributed by atoms with Crippen molar-refractivity contribution >= 4 is 23.4 Å². The number of benzene rings is 2. The Labute approximate surface area is 194 Å². The smallest absolute Gasteiger partial charge is 0.234 e. The van der Waals surface area contributed by atoms with E-state index >= 15 is 0 Å². The summed E-state index contributed by atoms with van der Waals surface area (Å²) >= 11 is 1.40. The number of methoxy groups -OCH3 is 1. The molecule has 0 radical (unpaired) electrons. The standard InChI is InChI=1S/C25H32N4O2S/c1-17(2)20-10-12-21(13-11-20)26-24(30)16-32-25-28-27-23(29(25)4)8-6-7-19-9-14-22(31-5)18(3)15-19/h9-15,17H,6-8,16H2,1-5H3,(H,26,30). The van der Waals surface area contributed by atoms with Gasteiger partial charge in [-0.3, -0.25) is 4.79 Å². The van der Waals surface area contributed by atoms with Crippen molar-refractivity contribution in [3.63, 3.8) is 0 Å². The number of thioether (sulfide) groups is 1. The van der Waals surface area contributed by atoms with Gasteiger partial charge >= 0.3 is 0 Å². The quantitative estimate of drug-likeness (QED) is 0.430. The summed E-state index contributed by atoms with van der Waals surface area (Å²) in [6, 6.07) is 14.3. The molecule has 0 aliphatic heterocycles. The summed E-state index contributed by atoms with van der Waals surface area (Å²) < 4.78 is 7.31. The number of hydrogen-bond acceptors (Lipinski definition) is 5. The summed E-state index contributed by atoms with van der Waals surface area (Å²) in [6.45, 7) is 6.37. The second-order valence-corrected chi connectivity index (χ2v) is 9.17. The first-order valence-electron chi connectivity index (χ1n) is 10.9. The number of rotatable bonds is 10. The summed E-state index contributed by atoms with van der Waals surface area (Å²) in [6.07, 6.45) is 2.79. The van der Waals surface area contributed by atoms with Crippen LogP contribution in [0.4, 0.5) is 5.69 Å². The Morgan fingerprint density at radius 1 is 1.12 bits per heavy atom. The van der Waals surface area contributed by atoms with Gasteiger partial charge in [0.1, 0.15) is 11.6 Å². The van der Waals surface area contributed by atoms with E-state index in [1.165, 1.54) is 22.9 Å². The fraction of sp³-hybridized carbons (Fsp3) is 0.400. The van der Waals surface area contributed by atoms with Gasteiger partial charge in [0.25, 0.3) is 0 Å². The number of amides is 1. The molecule has 6 nitrogen and oxygen atoms in total. The van der Waals surface area contributed by atoms with Gasteiger partial charge in [-0.2, -0.15) is 0 Å². The zero-order valence-electron chi connectivity index (χ0n) is 19.5. The molecular weight excluding hydrogens is 420 g/mol. The minimum Gasteiger partial charge on any atom is -0.496 e. The molecule has 0 fully saturated rings. The molecule has 0 aliphatic carbocycles. The van der Waals surface area contributed by atoms with Crippen molar-refractivity contribution in [3.05, 3.63) is 65.0 Å². The van der Waals surface area contributed by atoms with E-state index in [9.17, 15) is 4.79 Å². The number of nitrogens with zero attached hydrogens (tertiary/aromatic N) is 3. The van der Waals surface area contributed by atoms with E-state index in [0.29, 0.717) is 11.7 Å². The Bertz CT molecular complexity index is 1040. The number of carbonyl (C=O) groups is 1. The molecule has 0 saturated heterocycles. The van der Waals surface area contributed by atoms with Crippen LogP contribution in [0.3, 0.4) is 0 Å². The third-order valence-corrected chi connectivity index (χ3v) is 6.46. The van der Waals surface area contributed by atoms with Crippen LogP contribution in [0, 0.1) is 6.92 Å². The van der Waals surface area contributed by atoms with Gasteiger partial charge in [0.2, 0.25) is 5.91 Å². The highest BCUT2D eigenvalue weighted by Gasteiger charge is 2.12. The summed E-state index contributed by atoms with van der Waals surface area (Å²) in [5.74, 6) is 2.57. The summed E-state index contributed by atoms with van der Waals surface area (Å²) in [5.41, 5.74) is 4.51. The minimum absolute atomic E-state index is 0.0493. The molecule has 2 aromatic carbocycles. The molecule has 7 heteroatoms. The van der Waals surface area contributed by atoms with Crippen LogP contribution in [0.25, 0.3) is 0 Å². The third-order valence-electron chi connectivity index (χ3n) is 5.44. The van der Waals surface area contributed by atoms with E-state index in [1.807, 2.05) is 29.8 Å². The van der Waals surface area contributed by atoms with Gasteiger partial charge in [-0.15, -0.1) is 10.2 Å². The molecule has 1 aromatic heterocycles. The molecule has 1 amide bonds. The molecule has 0 aliphatic rings. The monoisotopic (exact) mass is 452 g/mol. The zero-order valence-corrected chi connectivity index (χ0v) is 20.3. The molecule has 3 rings (SSSR count). The largest absolute Gasteiger partial charge is 0.496 e. The van der Waals surface area contributed by atoms with Crippen LogP contribution in [-0.4, -0.2) is 33.5 Å². The summed E-state index contributed by atoms with van der Waals surface area (Å²) in [5, 5.41) is 12.3. The molecular formula is C25H32N4O2S. The van der Waals surface area contributed by atoms with Gasteiger partial charge in [-0.1, -0.05) is 49.9 Å². The first-order chi connectivity index (χ1) is 15.4. The average Bonchev–Trinajstić information content (AvgIpc) is 3.12. The maximum absolute atomic E-state index is 12.3. The Kier molecular flexibility index (Phi) is 8.33. The maximum Gasteiger partial charge on any atom is 0.234 e.